The first-order valence-electron chi connectivity index (χ1n) is 5.04. The molecule has 2 aromatic heterocycles. The molecule has 0 amide bonds. The summed E-state index contributed by atoms with van der Waals surface area (Å²) in [7, 11) is -3.59. The lowest BCUT2D eigenvalue weighted by Gasteiger charge is -2.00. The van der Waals surface area contributed by atoms with Crippen LogP contribution in [0, 0.1) is 13.8 Å². The quantitative estimate of drug-likeness (QED) is 0.891. The van der Waals surface area contributed by atoms with Crippen LogP contribution in [0.25, 0.3) is 0 Å². The third-order valence-corrected chi connectivity index (χ3v) is 6.15. The van der Waals surface area contributed by atoms with Crippen LogP contribution in [0.1, 0.15) is 15.4 Å². The lowest BCUT2D eigenvalue weighted by Crippen LogP contribution is -2.11. The molecular formula is C9H12N4O2S3. The van der Waals surface area contributed by atoms with Gasteiger partial charge in [-0.05, 0) is 25.5 Å². The summed E-state index contributed by atoms with van der Waals surface area (Å²) in [5, 5.41) is 8.47. The summed E-state index contributed by atoms with van der Waals surface area (Å²) >= 11 is 2.37. The van der Waals surface area contributed by atoms with Gasteiger partial charge in [-0.15, -0.1) is 21.5 Å². The topological polar surface area (TPSA) is 98.0 Å². The van der Waals surface area contributed by atoms with Gasteiger partial charge < -0.3 is 5.73 Å². The number of nitrogens with zero attached hydrogens (tertiary/aromatic N) is 2. The average molecular weight is 304 g/mol. The van der Waals surface area contributed by atoms with Crippen LogP contribution in [0.5, 0.6) is 0 Å². The maximum Gasteiger partial charge on any atom is 0.273 e. The van der Waals surface area contributed by atoms with E-state index in [0.717, 1.165) is 10.4 Å². The Balaban J connectivity index is 2.30. The van der Waals surface area contributed by atoms with E-state index in [2.05, 4.69) is 14.9 Å². The largest absolute Gasteiger partial charge is 0.326 e. The van der Waals surface area contributed by atoms with Gasteiger partial charge in [0.15, 0.2) is 0 Å². The van der Waals surface area contributed by atoms with Crippen LogP contribution in [0.3, 0.4) is 0 Å². The molecule has 0 atom stereocenters. The fourth-order valence-electron chi connectivity index (χ4n) is 1.33. The summed E-state index contributed by atoms with van der Waals surface area (Å²) in [5.41, 5.74) is 6.42. The number of aromatic nitrogens is 2. The zero-order valence-corrected chi connectivity index (χ0v) is 12.2. The molecular weight excluding hydrogens is 292 g/mol. The smallest absolute Gasteiger partial charge is 0.273 e. The molecule has 18 heavy (non-hydrogen) atoms. The van der Waals surface area contributed by atoms with E-state index in [0.29, 0.717) is 11.6 Å². The van der Waals surface area contributed by atoms with Crippen molar-refractivity contribution >= 4 is 37.8 Å². The number of nitrogens with two attached hydrogens (primary N) is 1. The van der Waals surface area contributed by atoms with Gasteiger partial charge in [0.1, 0.15) is 9.22 Å². The minimum absolute atomic E-state index is 0.244. The van der Waals surface area contributed by atoms with Crippen LogP contribution in [0.2, 0.25) is 0 Å². The lowest BCUT2D eigenvalue weighted by molar-refractivity contribution is 0.603. The molecule has 2 heterocycles. The van der Waals surface area contributed by atoms with Crippen LogP contribution in [-0.2, 0) is 16.6 Å². The van der Waals surface area contributed by atoms with E-state index in [4.69, 9.17) is 5.73 Å². The van der Waals surface area contributed by atoms with Crippen LogP contribution < -0.4 is 10.5 Å². The van der Waals surface area contributed by atoms with Gasteiger partial charge in [-0.2, -0.15) is 0 Å². The van der Waals surface area contributed by atoms with Crippen molar-refractivity contribution in [2.75, 3.05) is 4.72 Å². The molecule has 0 saturated carbocycles. The summed E-state index contributed by atoms with van der Waals surface area (Å²) in [4.78, 5) is 0.865. The number of hydrogen-bond donors (Lipinski definition) is 2. The van der Waals surface area contributed by atoms with E-state index in [1.807, 2.05) is 6.92 Å². The second-order valence-electron chi connectivity index (χ2n) is 3.61. The number of thiophene rings is 1. The summed E-state index contributed by atoms with van der Waals surface area (Å²) < 4.78 is 26.8. The predicted octanol–water partition coefficient (Wildman–Crippen LogP) is 1.48. The van der Waals surface area contributed by atoms with E-state index in [1.54, 1.807) is 13.0 Å². The first-order valence-corrected chi connectivity index (χ1v) is 8.16. The van der Waals surface area contributed by atoms with Crippen molar-refractivity contribution < 1.29 is 8.42 Å². The lowest BCUT2D eigenvalue weighted by atomic mass is 10.3. The Morgan fingerprint density at radius 1 is 1.33 bits per heavy atom. The van der Waals surface area contributed by atoms with Crippen molar-refractivity contribution in [2.24, 2.45) is 5.73 Å². The zero-order valence-electron chi connectivity index (χ0n) is 9.80. The van der Waals surface area contributed by atoms with Crippen LogP contribution in [-0.4, -0.2) is 18.6 Å². The number of hydrogen-bond acceptors (Lipinski definition) is 7. The molecule has 0 spiro atoms. The summed E-state index contributed by atoms with van der Waals surface area (Å²) in [6.45, 7) is 3.94. The molecule has 9 heteroatoms. The standard InChI is InChI=1S/C9H12N4O2S3/c1-5-3-8(17-7(5)4-10)18(14,15)13-9-12-11-6(2)16-9/h3H,4,10H2,1-2H3,(H,12,13). The van der Waals surface area contributed by atoms with Gasteiger partial charge >= 0.3 is 0 Å². The minimum Gasteiger partial charge on any atom is -0.326 e. The first kappa shape index (κ1) is 13.4. The Morgan fingerprint density at radius 2 is 2.06 bits per heavy atom. The third-order valence-electron chi connectivity index (χ3n) is 2.20. The van der Waals surface area contributed by atoms with Crippen LogP contribution in [0.4, 0.5) is 5.13 Å². The van der Waals surface area contributed by atoms with Crippen LogP contribution in [0.15, 0.2) is 10.3 Å². The molecule has 2 aromatic rings. The predicted molar refractivity (Wildman–Crippen MR) is 72.4 cm³/mol. The summed E-state index contributed by atoms with van der Waals surface area (Å²) in [5.74, 6) is 0. The fraction of sp³-hybridized carbons (Fsp3) is 0.333. The Hall–Kier alpha value is -1.03. The van der Waals surface area contributed by atoms with Crippen molar-refractivity contribution in [1.82, 2.24) is 10.2 Å². The van der Waals surface area contributed by atoms with E-state index >= 15 is 0 Å². The minimum atomic E-state index is -3.59. The molecule has 0 bridgehead atoms. The number of rotatable bonds is 4. The molecule has 0 radical (unpaired) electrons. The summed E-state index contributed by atoms with van der Waals surface area (Å²) in [6, 6.07) is 1.61. The number of nitrogens with one attached hydrogen (secondary N) is 1. The third kappa shape index (κ3) is 2.69. The van der Waals surface area contributed by atoms with Gasteiger partial charge in [-0.3, -0.25) is 4.72 Å². The van der Waals surface area contributed by atoms with Crippen LogP contribution >= 0.6 is 22.7 Å². The average Bonchev–Trinajstić information content (AvgIpc) is 2.84. The molecule has 0 aliphatic rings. The molecule has 0 aliphatic heterocycles. The van der Waals surface area contributed by atoms with E-state index in [-0.39, 0.29) is 9.34 Å². The monoisotopic (exact) mass is 304 g/mol. The van der Waals surface area contributed by atoms with E-state index in [9.17, 15) is 8.42 Å². The second kappa shape index (κ2) is 4.92. The highest BCUT2D eigenvalue weighted by molar-refractivity contribution is 7.94. The molecule has 3 N–H and O–H groups in total. The number of anilines is 1. The maximum absolute atomic E-state index is 12.1. The second-order valence-corrected chi connectivity index (χ2v) is 7.84. The molecule has 0 unspecified atom stereocenters. The highest BCUT2D eigenvalue weighted by atomic mass is 32.2. The Kier molecular flexibility index (Phi) is 3.66. The molecule has 2 rings (SSSR count). The van der Waals surface area contributed by atoms with Gasteiger partial charge in [-0.1, -0.05) is 11.3 Å². The maximum atomic E-state index is 12.1. The molecule has 0 fully saturated rings. The van der Waals surface area contributed by atoms with Gasteiger partial charge in [0, 0.05) is 11.4 Å². The number of aryl methyl sites for hydroxylation is 2. The molecule has 0 saturated heterocycles. The number of sulfonamides is 1. The van der Waals surface area contributed by atoms with Gasteiger partial charge in [0.25, 0.3) is 10.0 Å². The SMILES string of the molecule is Cc1nnc(NS(=O)(=O)c2cc(C)c(CN)s2)s1. The normalized spacial score (nSPS) is 11.7. The van der Waals surface area contributed by atoms with Crippen molar-refractivity contribution in [3.8, 4) is 0 Å². The molecule has 0 aliphatic carbocycles. The highest BCUT2D eigenvalue weighted by Crippen LogP contribution is 2.27. The van der Waals surface area contributed by atoms with Crippen molar-refractivity contribution in [3.63, 3.8) is 0 Å². The molecule has 98 valence electrons. The first-order chi connectivity index (χ1) is 8.42. The van der Waals surface area contributed by atoms with Crippen molar-refractivity contribution in [3.05, 3.63) is 21.5 Å². The summed E-state index contributed by atoms with van der Waals surface area (Å²) in [6.07, 6.45) is 0. The van der Waals surface area contributed by atoms with Gasteiger partial charge in [0.2, 0.25) is 5.13 Å². The zero-order chi connectivity index (χ0) is 13.3. The van der Waals surface area contributed by atoms with Gasteiger partial charge in [0.05, 0.1) is 0 Å². The van der Waals surface area contributed by atoms with Crippen molar-refractivity contribution in [2.45, 2.75) is 24.6 Å². The van der Waals surface area contributed by atoms with E-state index in [1.165, 1.54) is 22.7 Å². The fourth-order valence-corrected chi connectivity index (χ4v) is 4.62. The molecule has 6 nitrogen and oxygen atoms in total. The van der Waals surface area contributed by atoms with Gasteiger partial charge in [-0.25, -0.2) is 8.42 Å². The molecule has 0 aromatic carbocycles. The van der Waals surface area contributed by atoms with Crippen molar-refractivity contribution in [1.29, 1.82) is 0 Å². The van der Waals surface area contributed by atoms with E-state index < -0.39 is 10.0 Å². The Morgan fingerprint density at radius 3 is 2.56 bits per heavy atom. The highest BCUT2D eigenvalue weighted by Gasteiger charge is 2.20. The Labute approximate surface area is 113 Å². The Bertz CT molecular complexity index is 659.